The third kappa shape index (κ3) is 2.28. The van der Waals surface area contributed by atoms with Gasteiger partial charge in [-0.25, -0.2) is 4.39 Å². The van der Waals surface area contributed by atoms with Crippen molar-refractivity contribution in [1.29, 1.82) is 0 Å². The molecule has 1 heterocycles. The van der Waals surface area contributed by atoms with Gasteiger partial charge in [-0.05, 0) is 34.9 Å². The highest BCUT2D eigenvalue weighted by molar-refractivity contribution is 6.30. The quantitative estimate of drug-likeness (QED) is 0.893. The van der Waals surface area contributed by atoms with Crippen molar-refractivity contribution in [2.45, 2.75) is 12.5 Å². The number of hydrogen-bond acceptors (Lipinski definition) is 2. The lowest BCUT2D eigenvalue weighted by molar-refractivity contribution is -0.115. The molecule has 1 unspecified atom stereocenters. The van der Waals surface area contributed by atoms with E-state index in [9.17, 15) is 9.18 Å². The molecule has 5 heteroatoms. The number of carbonyl (C=O) groups excluding carboxylic acids is 1. The van der Waals surface area contributed by atoms with E-state index in [0.717, 1.165) is 16.8 Å². The first-order valence-corrected chi connectivity index (χ1v) is 6.55. The second-order valence-electron chi connectivity index (χ2n) is 4.79. The van der Waals surface area contributed by atoms with Crippen LogP contribution in [0.5, 0.6) is 0 Å². The summed E-state index contributed by atoms with van der Waals surface area (Å²) in [5.74, 6) is -0.513. The Kier molecular flexibility index (Phi) is 3.20. The van der Waals surface area contributed by atoms with E-state index in [1.807, 2.05) is 18.2 Å². The molecule has 2 aromatic rings. The average Bonchev–Trinajstić information content (AvgIpc) is 2.80. The Morgan fingerprint density at radius 3 is 2.65 bits per heavy atom. The molecule has 0 aliphatic carbocycles. The Balaban J connectivity index is 1.94. The molecular weight excluding hydrogens is 279 g/mol. The number of amides is 1. The normalized spacial score (nSPS) is 14.8. The van der Waals surface area contributed by atoms with Gasteiger partial charge in [0, 0.05) is 5.69 Å². The highest BCUT2D eigenvalue weighted by atomic mass is 35.5. The second-order valence-corrected chi connectivity index (χ2v) is 5.20. The zero-order valence-corrected chi connectivity index (χ0v) is 11.2. The van der Waals surface area contributed by atoms with E-state index in [0.29, 0.717) is 12.0 Å². The van der Waals surface area contributed by atoms with Crippen LogP contribution in [0.4, 0.5) is 10.1 Å². The Morgan fingerprint density at radius 2 is 1.90 bits per heavy atom. The van der Waals surface area contributed by atoms with Crippen LogP contribution in [0.2, 0.25) is 5.02 Å². The summed E-state index contributed by atoms with van der Waals surface area (Å²) in [5.41, 5.74) is 9.35. The van der Waals surface area contributed by atoms with Gasteiger partial charge in [0.1, 0.15) is 5.82 Å². The van der Waals surface area contributed by atoms with Crippen LogP contribution >= 0.6 is 11.6 Å². The number of anilines is 1. The van der Waals surface area contributed by atoms with Crippen molar-refractivity contribution in [3.05, 3.63) is 63.9 Å². The summed E-state index contributed by atoms with van der Waals surface area (Å²) in [6.45, 7) is 0. The van der Waals surface area contributed by atoms with Crippen LogP contribution in [0.3, 0.4) is 0 Å². The molecule has 3 N–H and O–H groups in total. The number of rotatable bonds is 2. The number of carbonyl (C=O) groups is 1. The zero-order valence-electron chi connectivity index (χ0n) is 10.5. The fourth-order valence-corrected chi connectivity index (χ4v) is 2.46. The van der Waals surface area contributed by atoms with Gasteiger partial charge in [0.2, 0.25) is 5.91 Å². The van der Waals surface area contributed by atoms with E-state index in [-0.39, 0.29) is 10.9 Å². The SMILES string of the molecule is NC(c1ccc(Cl)c(F)c1)c1ccc2c(c1)CC(=O)N2. The third-order valence-corrected chi connectivity index (χ3v) is 3.72. The maximum Gasteiger partial charge on any atom is 0.228 e. The predicted octanol–water partition coefficient (Wildman–Crippen LogP) is 3.02. The number of nitrogens with one attached hydrogen (secondary N) is 1. The smallest absolute Gasteiger partial charge is 0.228 e. The Hall–Kier alpha value is -1.91. The summed E-state index contributed by atoms with van der Waals surface area (Å²) >= 11 is 5.66. The molecule has 0 bridgehead atoms. The first-order valence-electron chi connectivity index (χ1n) is 6.18. The lowest BCUT2D eigenvalue weighted by Crippen LogP contribution is -2.12. The molecule has 0 spiro atoms. The standard InChI is InChI=1S/C15H12ClFN2O/c16-11-3-1-9(6-12(11)17)15(18)8-2-4-13-10(5-8)7-14(20)19-13/h1-6,15H,7,18H2,(H,19,20). The van der Waals surface area contributed by atoms with Gasteiger partial charge in [0.15, 0.2) is 0 Å². The number of fused-ring (bicyclic) bond motifs is 1. The van der Waals surface area contributed by atoms with E-state index in [1.165, 1.54) is 12.1 Å². The molecule has 20 heavy (non-hydrogen) atoms. The molecule has 1 aliphatic heterocycles. The molecule has 1 aliphatic rings. The van der Waals surface area contributed by atoms with E-state index in [1.54, 1.807) is 6.07 Å². The van der Waals surface area contributed by atoms with Crippen molar-refractivity contribution in [2.75, 3.05) is 5.32 Å². The number of halogens is 2. The summed E-state index contributed by atoms with van der Waals surface area (Å²) in [4.78, 5) is 11.3. The lowest BCUT2D eigenvalue weighted by Gasteiger charge is -2.14. The van der Waals surface area contributed by atoms with Crippen molar-refractivity contribution in [2.24, 2.45) is 5.73 Å². The van der Waals surface area contributed by atoms with Crippen molar-refractivity contribution < 1.29 is 9.18 Å². The zero-order chi connectivity index (χ0) is 14.3. The second kappa shape index (κ2) is 4.89. The predicted molar refractivity (Wildman–Crippen MR) is 76.2 cm³/mol. The Bertz CT molecular complexity index is 702. The summed E-state index contributed by atoms with van der Waals surface area (Å²) in [5, 5.41) is 2.84. The molecular formula is C15H12ClFN2O. The number of benzene rings is 2. The molecule has 0 fully saturated rings. The van der Waals surface area contributed by atoms with Gasteiger partial charge in [-0.3, -0.25) is 4.79 Å². The maximum atomic E-state index is 13.5. The summed E-state index contributed by atoms with van der Waals surface area (Å²) in [7, 11) is 0. The fraction of sp³-hybridized carbons (Fsp3) is 0.133. The average molecular weight is 291 g/mol. The van der Waals surface area contributed by atoms with Gasteiger partial charge >= 0.3 is 0 Å². The minimum absolute atomic E-state index is 0.0248. The lowest BCUT2D eigenvalue weighted by atomic mass is 9.97. The summed E-state index contributed by atoms with van der Waals surface area (Å²) < 4.78 is 13.5. The van der Waals surface area contributed by atoms with E-state index in [2.05, 4.69) is 5.32 Å². The number of hydrogen-bond donors (Lipinski definition) is 2. The van der Waals surface area contributed by atoms with Gasteiger partial charge in [-0.15, -0.1) is 0 Å². The third-order valence-electron chi connectivity index (χ3n) is 3.42. The van der Waals surface area contributed by atoms with Gasteiger partial charge in [-0.1, -0.05) is 29.8 Å². The van der Waals surface area contributed by atoms with Crippen LogP contribution in [0.15, 0.2) is 36.4 Å². The molecule has 1 atom stereocenters. The van der Waals surface area contributed by atoms with Crippen molar-refractivity contribution in [1.82, 2.24) is 0 Å². The molecule has 2 aromatic carbocycles. The number of nitrogens with two attached hydrogens (primary N) is 1. The highest BCUT2D eigenvalue weighted by Gasteiger charge is 2.19. The topological polar surface area (TPSA) is 55.1 Å². The molecule has 3 nitrogen and oxygen atoms in total. The molecule has 0 saturated heterocycles. The van der Waals surface area contributed by atoms with Gasteiger partial charge in [0.25, 0.3) is 0 Å². The minimum Gasteiger partial charge on any atom is -0.326 e. The van der Waals surface area contributed by atoms with Crippen molar-refractivity contribution in [3.8, 4) is 0 Å². The molecule has 0 saturated carbocycles. The Labute approximate surface area is 120 Å². The molecule has 3 rings (SSSR count). The molecule has 102 valence electrons. The monoisotopic (exact) mass is 290 g/mol. The van der Waals surface area contributed by atoms with Crippen LogP contribution in [-0.4, -0.2) is 5.91 Å². The largest absolute Gasteiger partial charge is 0.326 e. The summed E-state index contributed by atoms with van der Waals surface area (Å²) in [6, 6.07) is 9.61. The van der Waals surface area contributed by atoms with Gasteiger partial charge in [-0.2, -0.15) is 0 Å². The fourth-order valence-electron chi connectivity index (χ4n) is 2.34. The van der Waals surface area contributed by atoms with Gasteiger partial charge in [0.05, 0.1) is 17.5 Å². The van der Waals surface area contributed by atoms with Crippen LogP contribution in [0.1, 0.15) is 22.7 Å². The van der Waals surface area contributed by atoms with Crippen LogP contribution < -0.4 is 11.1 Å². The molecule has 0 radical (unpaired) electrons. The van der Waals surface area contributed by atoms with E-state index >= 15 is 0 Å². The first kappa shape index (κ1) is 13.1. The van der Waals surface area contributed by atoms with E-state index < -0.39 is 11.9 Å². The highest BCUT2D eigenvalue weighted by Crippen LogP contribution is 2.29. The summed E-state index contributed by atoms with van der Waals surface area (Å²) in [6.07, 6.45) is 0.352. The Morgan fingerprint density at radius 1 is 1.20 bits per heavy atom. The van der Waals surface area contributed by atoms with Crippen LogP contribution in [0.25, 0.3) is 0 Å². The van der Waals surface area contributed by atoms with Crippen LogP contribution in [-0.2, 0) is 11.2 Å². The van der Waals surface area contributed by atoms with Crippen molar-refractivity contribution >= 4 is 23.2 Å². The molecule has 1 amide bonds. The first-order chi connectivity index (χ1) is 9.54. The minimum atomic E-state index is -0.488. The van der Waals surface area contributed by atoms with E-state index in [4.69, 9.17) is 17.3 Å². The van der Waals surface area contributed by atoms with Gasteiger partial charge < -0.3 is 11.1 Å². The molecule has 0 aromatic heterocycles. The maximum absolute atomic E-state index is 13.5. The van der Waals surface area contributed by atoms with Crippen molar-refractivity contribution in [3.63, 3.8) is 0 Å². The van der Waals surface area contributed by atoms with Crippen LogP contribution in [0, 0.1) is 5.82 Å².